The van der Waals surface area contributed by atoms with Gasteiger partial charge in [-0.3, -0.25) is 9.59 Å². The highest BCUT2D eigenvalue weighted by Crippen LogP contribution is 2.22. The molecule has 26 heavy (non-hydrogen) atoms. The summed E-state index contributed by atoms with van der Waals surface area (Å²) in [5, 5.41) is 16.0. The number of rotatable bonds is 6. The van der Waals surface area contributed by atoms with Crippen molar-refractivity contribution < 1.29 is 14.6 Å². The summed E-state index contributed by atoms with van der Waals surface area (Å²) in [4.78, 5) is 32.2. The second-order valence-electron chi connectivity index (χ2n) is 5.57. The Morgan fingerprint density at radius 2 is 2.31 bits per heavy atom. The largest absolute Gasteiger partial charge is 0.384 e. The van der Waals surface area contributed by atoms with E-state index >= 15 is 0 Å². The summed E-state index contributed by atoms with van der Waals surface area (Å²) >= 11 is 7.26. The van der Waals surface area contributed by atoms with Gasteiger partial charge in [0.05, 0.1) is 24.2 Å². The highest BCUT2D eigenvalue weighted by Gasteiger charge is 2.21. The molecule has 1 unspecified atom stereocenters. The molecule has 2 heterocycles. The lowest BCUT2D eigenvalue weighted by Crippen LogP contribution is -2.24. The minimum Gasteiger partial charge on any atom is -0.384 e. The first-order chi connectivity index (χ1) is 12.5. The lowest BCUT2D eigenvalue weighted by Gasteiger charge is -2.16. The van der Waals surface area contributed by atoms with Crippen molar-refractivity contribution in [3.05, 3.63) is 56.3 Å². The van der Waals surface area contributed by atoms with Gasteiger partial charge < -0.3 is 20.1 Å². The van der Waals surface area contributed by atoms with Gasteiger partial charge in [-0.1, -0.05) is 11.6 Å². The van der Waals surface area contributed by atoms with Gasteiger partial charge in [-0.05, 0) is 18.2 Å². The summed E-state index contributed by atoms with van der Waals surface area (Å²) in [6, 6.07) is 4.79. The first-order valence-corrected chi connectivity index (χ1v) is 8.96. The number of anilines is 1. The number of amides is 1. The number of nitrogens with one attached hydrogen (secondary N) is 2. The van der Waals surface area contributed by atoms with E-state index in [0.717, 1.165) is 0 Å². The number of pyridine rings is 1. The fraction of sp³-hybridized carbons (Fsp3) is 0.235. The number of aliphatic hydroxyl groups excluding tert-OH is 1. The third-order valence-corrected chi connectivity index (χ3v) is 4.69. The number of methoxy groups -OCH3 is 1. The second kappa shape index (κ2) is 7.96. The topological polar surface area (TPSA) is 104 Å². The summed E-state index contributed by atoms with van der Waals surface area (Å²) in [6.07, 6.45) is 0.281. The number of hydrogen-bond acceptors (Lipinski definition) is 6. The number of hydrogen-bond donors (Lipinski definition) is 3. The van der Waals surface area contributed by atoms with Crippen LogP contribution in [-0.4, -0.2) is 34.7 Å². The SMILES string of the molecule is COCC(O)c1[nH]c2cc(Cl)ccc2c(=O)c1CC(=O)Nc1nccs1. The average Bonchev–Trinajstić information content (AvgIpc) is 3.10. The van der Waals surface area contributed by atoms with Crippen LogP contribution in [0.1, 0.15) is 17.4 Å². The maximum atomic E-state index is 12.9. The maximum Gasteiger partial charge on any atom is 0.230 e. The molecule has 0 fully saturated rings. The van der Waals surface area contributed by atoms with Gasteiger partial charge in [-0.2, -0.15) is 0 Å². The molecule has 136 valence electrons. The molecule has 0 radical (unpaired) electrons. The number of benzene rings is 1. The van der Waals surface area contributed by atoms with Crippen molar-refractivity contribution in [2.75, 3.05) is 19.0 Å². The number of ether oxygens (including phenoxy) is 1. The molecule has 0 saturated carbocycles. The first-order valence-electron chi connectivity index (χ1n) is 7.70. The number of carbonyl (C=O) groups excluding carboxylic acids is 1. The van der Waals surface area contributed by atoms with E-state index in [0.29, 0.717) is 21.1 Å². The predicted octanol–water partition coefficient (Wildman–Crippen LogP) is 2.50. The summed E-state index contributed by atoms with van der Waals surface area (Å²) in [5.41, 5.74) is 0.561. The van der Waals surface area contributed by atoms with Gasteiger partial charge >= 0.3 is 0 Å². The Labute approximate surface area is 157 Å². The van der Waals surface area contributed by atoms with Crippen molar-refractivity contribution in [2.24, 2.45) is 0 Å². The number of fused-ring (bicyclic) bond motifs is 1. The monoisotopic (exact) mass is 393 g/mol. The molecule has 3 N–H and O–H groups in total. The molecule has 0 saturated heterocycles. The Morgan fingerprint density at radius 3 is 3.00 bits per heavy atom. The zero-order chi connectivity index (χ0) is 18.7. The Kier molecular flexibility index (Phi) is 5.67. The predicted molar refractivity (Wildman–Crippen MR) is 101 cm³/mol. The second-order valence-corrected chi connectivity index (χ2v) is 6.90. The minimum atomic E-state index is -1.08. The number of aliphatic hydroxyl groups is 1. The molecule has 9 heteroatoms. The minimum absolute atomic E-state index is 0.0247. The number of halogens is 1. The number of H-pyrrole nitrogens is 1. The summed E-state index contributed by atoms with van der Waals surface area (Å²) in [7, 11) is 1.44. The molecule has 0 aliphatic heterocycles. The molecule has 3 rings (SSSR count). The van der Waals surface area contributed by atoms with Gasteiger partial charge in [0.2, 0.25) is 5.91 Å². The highest BCUT2D eigenvalue weighted by molar-refractivity contribution is 7.13. The van der Waals surface area contributed by atoms with Crippen LogP contribution in [0.25, 0.3) is 10.9 Å². The normalized spacial score (nSPS) is 12.3. The average molecular weight is 394 g/mol. The standard InChI is InChI=1S/C17H16ClN3O4S/c1-25-8-13(22)15-11(7-14(23)21-17-19-4-5-26-17)16(24)10-3-2-9(18)6-12(10)20-15/h2-6,13,22H,7-8H2,1H3,(H,20,24)(H,19,21,23). The zero-order valence-electron chi connectivity index (χ0n) is 13.8. The molecule has 1 aromatic carbocycles. The fourth-order valence-corrected chi connectivity index (χ4v) is 3.35. The molecule has 0 aliphatic rings. The van der Waals surface area contributed by atoms with Crippen molar-refractivity contribution in [1.82, 2.24) is 9.97 Å². The summed E-state index contributed by atoms with van der Waals surface area (Å²) < 4.78 is 4.97. The number of carbonyl (C=O) groups is 1. The molecular formula is C17H16ClN3O4S. The van der Waals surface area contributed by atoms with Crippen LogP contribution in [0.4, 0.5) is 5.13 Å². The van der Waals surface area contributed by atoms with E-state index in [2.05, 4.69) is 15.3 Å². The van der Waals surface area contributed by atoms with E-state index in [1.54, 1.807) is 29.8 Å². The van der Waals surface area contributed by atoms with E-state index in [-0.39, 0.29) is 29.7 Å². The first kappa shape index (κ1) is 18.5. The number of thiazole rings is 1. The molecule has 3 aromatic rings. The molecule has 1 amide bonds. The Balaban J connectivity index is 2.04. The van der Waals surface area contributed by atoms with Gasteiger partial charge in [0.15, 0.2) is 10.6 Å². The molecule has 7 nitrogen and oxygen atoms in total. The molecule has 2 aromatic heterocycles. The van der Waals surface area contributed by atoms with E-state index in [1.807, 2.05) is 0 Å². The van der Waals surface area contributed by atoms with Crippen molar-refractivity contribution >= 4 is 44.9 Å². The van der Waals surface area contributed by atoms with Crippen molar-refractivity contribution in [3.8, 4) is 0 Å². The van der Waals surface area contributed by atoms with Gasteiger partial charge in [0.25, 0.3) is 0 Å². The number of nitrogens with zero attached hydrogens (tertiary/aromatic N) is 1. The lowest BCUT2D eigenvalue weighted by molar-refractivity contribution is -0.115. The maximum absolute atomic E-state index is 12.9. The highest BCUT2D eigenvalue weighted by atomic mass is 35.5. The Bertz CT molecular complexity index is 988. The van der Waals surface area contributed by atoms with Crippen LogP contribution in [0, 0.1) is 0 Å². The van der Waals surface area contributed by atoms with Gasteiger partial charge in [0, 0.05) is 34.7 Å². The molecule has 0 aliphatic carbocycles. The van der Waals surface area contributed by atoms with Crippen LogP contribution >= 0.6 is 22.9 Å². The summed E-state index contributed by atoms with van der Waals surface area (Å²) in [6.45, 7) is -0.0247. The summed E-state index contributed by atoms with van der Waals surface area (Å²) in [5.74, 6) is -0.398. The van der Waals surface area contributed by atoms with E-state index in [1.165, 1.54) is 18.4 Å². The van der Waals surface area contributed by atoms with Crippen LogP contribution in [0.5, 0.6) is 0 Å². The van der Waals surface area contributed by atoms with Crippen molar-refractivity contribution in [2.45, 2.75) is 12.5 Å². The van der Waals surface area contributed by atoms with Gasteiger partial charge in [-0.15, -0.1) is 11.3 Å². The smallest absolute Gasteiger partial charge is 0.230 e. The quantitative estimate of drug-likeness (QED) is 0.596. The lowest BCUT2D eigenvalue weighted by atomic mass is 10.0. The molecule has 0 spiro atoms. The van der Waals surface area contributed by atoms with Crippen LogP contribution < -0.4 is 10.7 Å². The van der Waals surface area contributed by atoms with Crippen LogP contribution in [0.15, 0.2) is 34.6 Å². The zero-order valence-corrected chi connectivity index (χ0v) is 15.4. The van der Waals surface area contributed by atoms with Crippen LogP contribution in [-0.2, 0) is 16.0 Å². The molecular weight excluding hydrogens is 378 g/mol. The van der Waals surface area contributed by atoms with Crippen LogP contribution in [0.2, 0.25) is 5.02 Å². The Hall–Kier alpha value is -2.26. The van der Waals surface area contributed by atoms with Crippen LogP contribution in [0.3, 0.4) is 0 Å². The van der Waals surface area contributed by atoms with E-state index in [4.69, 9.17) is 16.3 Å². The Morgan fingerprint density at radius 1 is 1.50 bits per heavy atom. The molecule has 1 atom stereocenters. The van der Waals surface area contributed by atoms with Crippen molar-refractivity contribution in [1.29, 1.82) is 0 Å². The van der Waals surface area contributed by atoms with Crippen molar-refractivity contribution in [3.63, 3.8) is 0 Å². The third kappa shape index (κ3) is 3.94. The number of aromatic amines is 1. The number of aromatic nitrogens is 2. The van der Waals surface area contributed by atoms with Gasteiger partial charge in [0.1, 0.15) is 6.10 Å². The molecule has 0 bridgehead atoms. The third-order valence-electron chi connectivity index (χ3n) is 3.77. The van der Waals surface area contributed by atoms with Gasteiger partial charge in [-0.25, -0.2) is 4.98 Å². The van der Waals surface area contributed by atoms with E-state index in [9.17, 15) is 14.7 Å². The van der Waals surface area contributed by atoms with E-state index < -0.39 is 12.0 Å². The fourth-order valence-electron chi connectivity index (χ4n) is 2.63.